The number of benzene rings is 1. The predicted molar refractivity (Wildman–Crippen MR) is 45.1 cm³/mol. The Morgan fingerprint density at radius 1 is 1.25 bits per heavy atom. The lowest BCUT2D eigenvalue weighted by atomic mass is 10.2. The molecule has 6 N–H and O–H groups in total. The second-order valence-electron chi connectivity index (χ2n) is 2.28. The van der Waals surface area contributed by atoms with Gasteiger partial charge in [0.2, 0.25) is 0 Å². The summed E-state index contributed by atoms with van der Waals surface area (Å²) in [4.78, 5) is 0. The average molecular weight is 170 g/mol. The molecule has 5 heteroatoms. The largest absolute Gasteiger partial charge is 0.504 e. The molecule has 1 rings (SSSR count). The van der Waals surface area contributed by atoms with Gasteiger partial charge in [-0.15, -0.1) is 0 Å². The molecule has 0 aliphatic heterocycles. The zero-order valence-corrected chi connectivity index (χ0v) is 6.53. The summed E-state index contributed by atoms with van der Waals surface area (Å²) in [5.74, 6) is -0.486. The van der Waals surface area contributed by atoms with Gasteiger partial charge in [0.25, 0.3) is 0 Å². The molecule has 0 saturated carbocycles. The van der Waals surface area contributed by atoms with E-state index in [4.69, 9.17) is 21.3 Å². The molecule has 1 aromatic carbocycles. The fraction of sp³-hybridized carbons (Fsp3) is 0.143. The van der Waals surface area contributed by atoms with E-state index in [1.165, 1.54) is 13.2 Å². The van der Waals surface area contributed by atoms with Crippen molar-refractivity contribution in [3.8, 4) is 17.2 Å². The summed E-state index contributed by atoms with van der Waals surface area (Å²) in [5, 5.41) is 18.4. The van der Waals surface area contributed by atoms with Gasteiger partial charge in [0.05, 0.1) is 12.8 Å². The molecular formula is C7H10N2O3. The number of phenols is 2. The van der Waals surface area contributed by atoms with Crippen molar-refractivity contribution in [2.45, 2.75) is 0 Å². The highest BCUT2D eigenvalue weighted by Crippen LogP contribution is 2.42. The number of ether oxygens (including phenoxy) is 1. The first-order valence-electron chi connectivity index (χ1n) is 3.21. The van der Waals surface area contributed by atoms with E-state index in [9.17, 15) is 5.11 Å². The van der Waals surface area contributed by atoms with Gasteiger partial charge in [0.1, 0.15) is 5.69 Å². The van der Waals surface area contributed by atoms with Gasteiger partial charge in [-0.25, -0.2) is 0 Å². The molecule has 0 aliphatic carbocycles. The first-order chi connectivity index (χ1) is 5.57. The summed E-state index contributed by atoms with van der Waals surface area (Å²) in [6.07, 6.45) is 0. The maximum Gasteiger partial charge on any atom is 0.185 e. The summed E-state index contributed by atoms with van der Waals surface area (Å²) in [6, 6.07) is 1.29. The minimum absolute atomic E-state index is 0.0714. The van der Waals surface area contributed by atoms with E-state index in [-0.39, 0.29) is 28.6 Å². The molecule has 0 atom stereocenters. The summed E-state index contributed by atoms with van der Waals surface area (Å²) in [7, 11) is 1.37. The van der Waals surface area contributed by atoms with E-state index in [1.807, 2.05) is 0 Å². The summed E-state index contributed by atoms with van der Waals surface area (Å²) >= 11 is 0. The number of nitrogens with two attached hydrogens (primary N) is 2. The molecule has 0 fully saturated rings. The fourth-order valence-corrected chi connectivity index (χ4v) is 0.834. The Labute approximate surface area is 69.2 Å². The minimum atomic E-state index is -0.326. The van der Waals surface area contributed by atoms with Gasteiger partial charge >= 0.3 is 0 Å². The molecule has 0 heterocycles. The molecule has 0 aliphatic rings. The first-order valence-corrected chi connectivity index (χ1v) is 3.21. The second-order valence-corrected chi connectivity index (χ2v) is 2.28. The number of aromatic hydroxyl groups is 2. The summed E-state index contributed by atoms with van der Waals surface area (Å²) in [5.41, 5.74) is 10.5. The van der Waals surface area contributed by atoms with Gasteiger partial charge in [-0.1, -0.05) is 0 Å². The first kappa shape index (κ1) is 8.32. The van der Waals surface area contributed by atoms with Crippen LogP contribution in [0.25, 0.3) is 0 Å². The molecule has 12 heavy (non-hydrogen) atoms. The van der Waals surface area contributed by atoms with Crippen LogP contribution in [0.2, 0.25) is 0 Å². The van der Waals surface area contributed by atoms with Crippen LogP contribution in [0.5, 0.6) is 17.2 Å². The van der Waals surface area contributed by atoms with Crippen LogP contribution in [-0.4, -0.2) is 17.3 Å². The van der Waals surface area contributed by atoms with E-state index < -0.39 is 0 Å². The van der Waals surface area contributed by atoms with Crippen molar-refractivity contribution in [1.82, 2.24) is 0 Å². The van der Waals surface area contributed by atoms with E-state index in [2.05, 4.69) is 0 Å². The van der Waals surface area contributed by atoms with Crippen molar-refractivity contribution >= 4 is 11.4 Å². The SMILES string of the molecule is COc1cc(N)c(O)c(N)c1O. The normalized spacial score (nSPS) is 9.75. The van der Waals surface area contributed by atoms with Crippen molar-refractivity contribution in [2.75, 3.05) is 18.6 Å². The Morgan fingerprint density at radius 2 is 1.83 bits per heavy atom. The Hall–Kier alpha value is -1.78. The highest BCUT2D eigenvalue weighted by Gasteiger charge is 2.12. The lowest BCUT2D eigenvalue weighted by molar-refractivity contribution is 0.372. The van der Waals surface area contributed by atoms with Gasteiger partial charge in [-0.3, -0.25) is 0 Å². The Kier molecular flexibility index (Phi) is 1.86. The summed E-state index contributed by atoms with van der Waals surface area (Å²) < 4.78 is 4.74. The van der Waals surface area contributed by atoms with E-state index in [1.54, 1.807) is 0 Å². The van der Waals surface area contributed by atoms with Crippen LogP contribution in [0.15, 0.2) is 6.07 Å². The molecule has 0 amide bonds. The van der Waals surface area contributed by atoms with Crippen molar-refractivity contribution in [3.05, 3.63) is 6.07 Å². The van der Waals surface area contributed by atoms with Crippen molar-refractivity contribution in [1.29, 1.82) is 0 Å². The molecule has 0 radical (unpaired) electrons. The third-order valence-corrected chi connectivity index (χ3v) is 1.52. The van der Waals surface area contributed by atoms with Crippen molar-refractivity contribution < 1.29 is 14.9 Å². The Bertz CT molecular complexity index is 312. The fourth-order valence-electron chi connectivity index (χ4n) is 0.834. The van der Waals surface area contributed by atoms with Crippen LogP contribution in [0.4, 0.5) is 11.4 Å². The number of nitrogen functional groups attached to an aromatic ring is 2. The zero-order chi connectivity index (χ0) is 9.30. The highest BCUT2D eigenvalue weighted by atomic mass is 16.5. The number of hydrogen-bond donors (Lipinski definition) is 4. The van der Waals surface area contributed by atoms with Crippen LogP contribution in [0.3, 0.4) is 0 Å². The molecular weight excluding hydrogens is 160 g/mol. The molecule has 0 unspecified atom stereocenters. The molecule has 0 bridgehead atoms. The zero-order valence-electron chi connectivity index (χ0n) is 6.53. The molecule has 0 spiro atoms. The quantitative estimate of drug-likeness (QED) is 0.275. The van der Waals surface area contributed by atoms with Crippen LogP contribution < -0.4 is 16.2 Å². The smallest absolute Gasteiger partial charge is 0.185 e. The second kappa shape index (κ2) is 2.69. The van der Waals surface area contributed by atoms with E-state index in [0.29, 0.717) is 0 Å². The van der Waals surface area contributed by atoms with Crippen LogP contribution in [0.1, 0.15) is 0 Å². The minimum Gasteiger partial charge on any atom is -0.504 e. The van der Waals surface area contributed by atoms with E-state index in [0.717, 1.165) is 0 Å². The number of phenolic OH excluding ortho intramolecular Hbond substituents is 2. The van der Waals surface area contributed by atoms with Crippen molar-refractivity contribution in [2.24, 2.45) is 0 Å². The van der Waals surface area contributed by atoms with Gasteiger partial charge in [-0.2, -0.15) is 0 Å². The molecule has 0 saturated heterocycles. The van der Waals surface area contributed by atoms with Crippen LogP contribution in [-0.2, 0) is 0 Å². The predicted octanol–water partition coefficient (Wildman–Crippen LogP) is 0.271. The maximum absolute atomic E-state index is 9.24. The third-order valence-electron chi connectivity index (χ3n) is 1.52. The number of anilines is 2. The van der Waals surface area contributed by atoms with Gasteiger partial charge in [0.15, 0.2) is 17.2 Å². The Morgan fingerprint density at radius 3 is 2.33 bits per heavy atom. The van der Waals surface area contributed by atoms with Crippen LogP contribution >= 0.6 is 0 Å². The van der Waals surface area contributed by atoms with Gasteiger partial charge < -0.3 is 26.4 Å². The van der Waals surface area contributed by atoms with Gasteiger partial charge in [-0.05, 0) is 0 Å². The lowest BCUT2D eigenvalue weighted by Crippen LogP contribution is -1.95. The Balaban J connectivity index is 3.39. The topological polar surface area (TPSA) is 102 Å². The standard InChI is InChI=1S/C7H10N2O3/c1-12-4-2-3(8)6(10)5(9)7(4)11/h2,10-11H,8-9H2,1H3. The van der Waals surface area contributed by atoms with Crippen molar-refractivity contribution in [3.63, 3.8) is 0 Å². The third kappa shape index (κ3) is 1.05. The van der Waals surface area contributed by atoms with Gasteiger partial charge in [0, 0.05) is 6.07 Å². The molecule has 0 aromatic heterocycles. The van der Waals surface area contributed by atoms with Crippen LogP contribution in [0, 0.1) is 0 Å². The summed E-state index contributed by atoms with van der Waals surface area (Å²) in [6.45, 7) is 0. The number of rotatable bonds is 1. The number of methoxy groups -OCH3 is 1. The molecule has 1 aromatic rings. The monoisotopic (exact) mass is 170 g/mol. The maximum atomic E-state index is 9.24. The average Bonchev–Trinajstić information content (AvgIpc) is 2.08. The molecule has 5 nitrogen and oxygen atoms in total. The highest BCUT2D eigenvalue weighted by molar-refractivity contribution is 5.76. The molecule has 66 valence electrons. The lowest BCUT2D eigenvalue weighted by Gasteiger charge is -2.09. The number of hydrogen-bond acceptors (Lipinski definition) is 5. The van der Waals surface area contributed by atoms with E-state index >= 15 is 0 Å².